The van der Waals surface area contributed by atoms with Crippen LogP contribution in [0.1, 0.15) is 5.69 Å². The molecule has 1 heterocycles. The molecular weight excluding hydrogens is 292 g/mol. The summed E-state index contributed by atoms with van der Waals surface area (Å²) in [4.78, 5) is 15.0. The Labute approximate surface area is 126 Å². The van der Waals surface area contributed by atoms with E-state index in [2.05, 4.69) is 4.98 Å². The smallest absolute Gasteiger partial charge is 0.313 e. The molecule has 1 aromatic heterocycles. The fourth-order valence-electron chi connectivity index (χ4n) is 1.92. The number of rotatable bonds is 6. The van der Waals surface area contributed by atoms with E-state index in [1.807, 2.05) is 23.6 Å². The van der Waals surface area contributed by atoms with Gasteiger partial charge in [-0.05, 0) is 19.1 Å². The Bertz CT molecular complexity index is 654. The number of carboxylic acids is 1. The first-order valence-corrected chi connectivity index (χ1v) is 7.16. The van der Waals surface area contributed by atoms with E-state index >= 15 is 0 Å². The van der Waals surface area contributed by atoms with E-state index in [1.54, 1.807) is 26.5 Å². The molecule has 0 aliphatic carbocycles. The van der Waals surface area contributed by atoms with Gasteiger partial charge in [0, 0.05) is 18.0 Å². The van der Waals surface area contributed by atoms with Gasteiger partial charge < -0.3 is 14.6 Å². The SMILES string of the molecule is COc1ccc(-n2c(C)cnc2SCC(=O)O)cc1OC. The minimum Gasteiger partial charge on any atom is -0.493 e. The second-order valence-corrected chi connectivity index (χ2v) is 5.18. The number of carboxylic acid groups (broad SMARTS) is 1. The maximum absolute atomic E-state index is 10.7. The molecule has 0 radical (unpaired) electrons. The first-order chi connectivity index (χ1) is 10.1. The number of thioether (sulfide) groups is 1. The second kappa shape index (κ2) is 6.53. The summed E-state index contributed by atoms with van der Waals surface area (Å²) >= 11 is 1.17. The van der Waals surface area contributed by atoms with Crippen LogP contribution in [-0.4, -0.2) is 40.6 Å². The molecule has 112 valence electrons. The van der Waals surface area contributed by atoms with Crippen LogP contribution in [0.3, 0.4) is 0 Å². The van der Waals surface area contributed by atoms with E-state index in [0.29, 0.717) is 16.7 Å². The number of hydrogen-bond acceptors (Lipinski definition) is 5. The molecule has 0 unspecified atom stereocenters. The minimum atomic E-state index is -0.875. The highest BCUT2D eigenvalue weighted by Gasteiger charge is 2.13. The van der Waals surface area contributed by atoms with E-state index in [1.165, 1.54) is 11.8 Å². The highest BCUT2D eigenvalue weighted by atomic mass is 32.2. The third kappa shape index (κ3) is 3.30. The van der Waals surface area contributed by atoms with E-state index < -0.39 is 5.97 Å². The Morgan fingerprint density at radius 1 is 1.33 bits per heavy atom. The van der Waals surface area contributed by atoms with Gasteiger partial charge in [-0.2, -0.15) is 0 Å². The van der Waals surface area contributed by atoms with Gasteiger partial charge in [0.05, 0.1) is 25.7 Å². The molecule has 0 aliphatic rings. The van der Waals surface area contributed by atoms with Gasteiger partial charge in [0.15, 0.2) is 16.7 Å². The first kappa shape index (κ1) is 15.2. The van der Waals surface area contributed by atoms with Gasteiger partial charge in [-0.3, -0.25) is 9.36 Å². The van der Waals surface area contributed by atoms with Crippen LogP contribution in [0.5, 0.6) is 11.5 Å². The normalized spacial score (nSPS) is 10.4. The summed E-state index contributed by atoms with van der Waals surface area (Å²) in [5.41, 5.74) is 1.76. The van der Waals surface area contributed by atoms with Crippen LogP contribution in [0.4, 0.5) is 0 Å². The zero-order chi connectivity index (χ0) is 15.4. The Morgan fingerprint density at radius 3 is 2.67 bits per heavy atom. The zero-order valence-electron chi connectivity index (χ0n) is 12.0. The van der Waals surface area contributed by atoms with Gasteiger partial charge in [-0.15, -0.1) is 0 Å². The predicted octanol–water partition coefficient (Wildman–Crippen LogP) is 2.37. The molecule has 1 aromatic carbocycles. The number of ether oxygens (including phenoxy) is 2. The van der Waals surface area contributed by atoms with Crippen LogP contribution in [0.2, 0.25) is 0 Å². The average Bonchev–Trinajstić information content (AvgIpc) is 2.85. The van der Waals surface area contributed by atoms with Gasteiger partial charge in [0.1, 0.15) is 0 Å². The molecule has 0 spiro atoms. The van der Waals surface area contributed by atoms with Crippen LogP contribution in [0.15, 0.2) is 29.6 Å². The molecule has 0 saturated heterocycles. The lowest BCUT2D eigenvalue weighted by atomic mass is 10.2. The monoisotopic (exact) mass is 308 g/mol. The molecule has 7 heteroatoms. The van der Waals surface area contributed by atoms with Crippen LogP contribution in [0.25, 0.3) is 5.69 Å². The average molecular weight is 308 g/mol. The number of aromatic nitrogens is 2. The van der Waals surface area contributed by atoms with Gasteiger partial charge in [-0.25, -0.2) is 4.98 Å². The van der Waals surface area contributed by atoms with Crippen molar-refractivity contribution in [2.24, 2.45) is 0 Å². The highest BCUT2D eigenvalue weighted by Crippen LogP contribution is 2.31. The summed E-state index contributed by atoms with van der Waals surface area (Å²) in [7, 11) is 3.15. The maximum Gasteiger partial charge on any atom is 0.313 e. The number of hydrogen-bond donors (Lipinski definition) is 1. The second-order valence-electron chi connectivity index (χ2n) is 4.24. The molecule has 0 aliphatic heterocycles. The number of imidazole rings is 1. The highest BCUT2D eigenvalue weighted by molar-refractivity contribution is 7.99. The number of aryl methyl sites for hydroxylation is 1. The molecule has 0 bridgehead atoms. The van der Waals surface area contributed by atoms with Crippen molar-refractivity contribution < 1.29 is 19.4 Å². The van der Waals surface area contributed by atoms with Crippen LogP contribution >= 0.6 is 11.8 Å². The largest absolute Gasteiger partial charge is 0.493 e. The van der Waals surface area contributed by atoms with E-state index in [0.717, 1.165) is 11.4 Å². The number of nitrogens with zero attached hydrogens (tertiary/aromatic N) is 2. The molecule has 2 rings (SSSR count). The van der Waals surface area contributed by atoms with Gasteiger partial charge in [0.2, 0.25) is 0 Å². The molecular formula is C14H16N2O4S. The number of benzene rings is 1. The van der Waals surface area contributed by atoms with Crippen molar-refractivity contribution in [1.82, 2.24) is 9.55 Å². The van der Waals surface area contributed by atoms with Crippen molar-refractivity contribution >= 4 is 17.7 Å². The number of aliphatic carboxylic acids is 1. The summed E-state index contributed by atoms with van der Waals surface area (Å²) in [6, 6.07) is 5.51. The lowest BCUT2D eigenvalue weighted by molar-refractivity contribution is -0.133. The molecule has 0 amide bonds. The van der Waals surface area contributed by atoms with Crippen molar-refractivity contribution in [3.8, 4) is 17.2 Å². The zero-order valence-corrected chi connectivity index (χ0v) is 12.8. The summed E-state index contributed by atoms with van der Waals surface area (Å²) in [5.74, 6) is 0.333. The Morgan fingerprint density at radius 2 is 2.05 bits per heavy atom. The number of methoxy groups -OCH3 is 2. The molecule has 2 aromatic rings. The summed E-state index contributed by atoms with van der Waals surface area (Å²) in [5, 5.41) is 9.43. The molecule has 0 atom stereocenters. The molecule has 6 nitrogen and oxygen atoms in total. The standard InChI is InChI=1S/C14H16N2O4S/c1-9-7-15-14(21-8-13(17)18)16(9)10-4-5-11(19-2)12(6-10)20-3/h4-7H,8H2,1-3H3,(H,17,18). The van der Waals surface area contributed by atoms with Crippen molar-refractivity contribution in [1.29, 1.82) is 0 Å². The fourth-order valence-corrected chi connectivity index (χ4v) is 2.68. The third-order valence-electron chi connectivity index (χ3n) is 2.86. The van der Waals surface area contributed by atoms with Crippen molar-refractivity contribution in [2.45, 2.75) is 12.1 Å². The van der Waals surface area contributed by atoms with Gasteiger partial charge >= 0.3 is 5.97 Å². The Hall–Kier alpha value is -2.15. The number of carbonyl (C=O) groups is 1. The molecule has 0 saturated carbocycles. The van der Waals surface area contributed by atoms with Crippen molar-refractivity contribution in [3.05, 3.63) is 30.1 Å². The fraction of sp³-hybridized carbons (Fsp3) is 0.286. The topological polar surface area (TPSA) is 73.6 Å². The van der Waals surface area contributed by atoms with Crippen LogP contribution in [-0.2, 0) is 4.79 Å². The van der Waals surface area contributed by atoms with Crippen LogP contribution < -0.4 is 9.47 Å². The Balaban J connectivity index is 2.41. The summed E-state index contributed by atoms with van der Waals surface area (Å²) in [6.45, 7) is 1.91. The maximum atomic E-state index is 10.7. The molecule has 1 N–H and O–H groups in total. The van der Waals surface area contributed by atoms with Crippen molar-refractivity contribution in [2.75, 3.05) is 20.0 Å². The predicted molar refractivity (Wildman–Crippen MR) is 79.8 cm³/mol. The van der Waals surface area contributed by atoms with E-state index in [9.17, 15) is 4.79 Å². The van der Waals surface area contributed by atoms with Crippen LogP contribution in [0, 0.1) is 6.92 Å². The van der Waals surface area contributed by atoms with Gasteiger partial charge in [0.25, 0.3) is 0 Å². The minimum absolute atomic E-state index is 0.0380. The lowest BCUT2D eigenvalue weighted by Crippen LogP contribution is -2.03. The first-order valence-electron chi connectivity index (χ1n) is 6.18. The van der Waals surface area contributed by atoms with E-state index in [-0.39, 0.29) is 5.75 Å². The Kier molecular flexibility index (Phi) is 4.74. The lowest BCUT2D eigenvalue weighted by Gasteiger charge is -2.13. The summed E-state index contributed by atoms with van der Waals surface area (Å²) in [6.07, 6.45) is 1.71. The quantitative estimate of drug-likeness (QED) is 0.826. The third-order valence-corrected chi connectivity index (χ3v) is 3.79. The van der Waals surface area contributed by atoms with E-state index in [4.69, 9.17) is 14.6 Å². The molecule has 21 heavy (non-hydrogen) atoms. The summed E-state index contributed by atoms with van der Waals surface area (Å²) < 4.78 is 12.4. The van der Waals surface area contributed by atoms with Gasteiger partial charge in [-0.1, -0.05) is 11.8 Å². The molecule has 0 fully saturated rings. The van der Waals surface area contributed by atoms with Crippen molar-refractivity contribution in [3.63, 3.8) is 0 Å².